The smallest absolute Gasteiger partial charge is 0.303 e. The molecule has 2 aromatic carbocycles. The summed E-state index contributed by atoms with van der Waals surface area (Å²) >= 11 is 0. The maximum atomic E-state index is 10.5. The maximum absolute atomic E-state index is 10.5. The second-order valence-electron chi connectivity index (χ2n) is 9.75. The van der Waals surface area contributed by atoms with Crippen LogP contribution in [-0.4, -0.2) is 22.2 Å². The maximum Gasteiger partial charge on any atom is 0.303 e. The molecule has 2 aromatic rings. The number of aliphatic carboxylic acids is 2. The molecule has 0 aromatic heterocycles. The molecule has 0 fully saturated rings. The molecule has 0 spiro atoms. The molecule has 2 rings (SSSR count). The fraction of sp³-hybridized carbons (Fsp3) is 0.600. The van der Waals surface area contributed by atoms with Crippen LogP contribution in [0.4, 0.5) is 0 Å². The molecule has 0 aliphatic carbocycles. The molecule has 0 saturated carbocycles. The first-order valence-electron chi connectivity index (χ1n) is 13.5. The van der Waals surface area contributed by atoms with Crippen molar-refractivity contribution in [2.75, 3.05) is 0 Å². The van der Waals surface area contributed by atoms with Crippen LogP contribution in [0, 0.1) is 0 Å². The molecule has 2 N–H and O–H groups in total. The number of aryl methyl sites for hydroxylation is 2. The highest BCUT2D eigenvalue weighted by Crippen LogP contribution is 2.21. The molecular weight excluding hydrogens is 424 g/mol. The molecule has 0 bridgehead atoms. The standard InChI is InChI=1S/C30H44O4/c31-29(32)17-13-9-5-1-3-7-11-15-25-19-21-28-24-26(20-22-27(28)23-25)16-12-8-4-2-6-10-14-18-30(33)34/h19-24H,1-18H2,(H,31,32)(H,33,34). The number of benzene rings is 2. The van der Waals surface area contributed by atoms with E-state index >= 15 is 0 Å². The molecule has 0 heterocycles. The summed E-state index contributed by atoms with van der Waals surface area (Å²) in [5, 5.41) is 20.0. The number of carboxylic acids is 2. The van der Waals surface area contributed by atoms with Crippen LogP contribution in [0.25, 0.3) is 10.8 Å². The van der Waals surface area contributed by atoms with Crippen molar-refractivity contribution in [3.8, 4) is 0 Å². The summed E-state index contributed by atoms with van der Waals surface area (Å²) in [5.74, 6) is -1.36. The van der Waals surface area contributed by atoms with E-state index in [1.807, 2.05) is 0 Å². The number of hydrogen-bond donors (Lipinski definition) is 2. The largest absolute Gasteiger partial charge is 0.481 e. The van der Waals surface area contributed by atoms with Crippen LogP contribution in [0.5, 0.6) is 0 Å². The van der Waals surface area contributed by atoms with E-state index in [9.17, 15) is 9.59 Å². The second-order valence-corrected chi connectivity index (χ2v) is 9.75. The van der Waals surface area contributed by atoms with Crippen molar-refractivity contribution in [2.24, 2.45) is 0 Å². The predicted octanol–water partition coefficient (Wildman–Crippen LogP) is 8.34. The average Bonchev–Trinajstić information content (AvgIpc) is 2.81. The summed E-state index contributed by atoms with van der Waals surface area (Å²) < 4.78 is 0. The van der Waals surface area contributed by atoms with Crippen molar-refractivity contribution in [2.45, 2.75) is 116 Å². The van der Waals surface area contributed by atoms with Gasteiger partial charge in [0.1, 0.15) is 0 Å². The summed E-state index contributed by atoms with van der Waals surface area (Å²) in [6.45, 7) is 0. The van der Waals surface area contributed by atoms with Crippen LogP contribution < -0.4 is 0 Å². The van der Waals surface area contributed by atoms with Crippen molar-refractivity contribution in [1.82, 2.24) is 0 Å². The lowest BCUT2D eigenvalue weighted by Gasteiger charge is -2.07. The Balaban J connectivity index is 1.57. The van der Waals surface area contributed by atoms with Crippen LogP contribution in [0.2, 0.25) is 0 Å². The van der Waals surface area contributed by atoms with Gasteiger partial charge in [0.15, 0.2) is 0 Å². The van der Waals surface area contributed by atoms with Gasteiger partial charge in [-0.15, -0.1) is 0 Å². The summed E-state index contributed by atoms with van der Waals surface area (Å²) in [6, 6.07) is 13.8. The van der Waals surface area contributed by atoms with Gasteiger partial charge < -0.3 is 10.2 Å². The lowest BCUT2D eigenvalue weighted by molar-refractivity contribution is -0.138. The van der Waals surface area contributed by atoms with Crippen molar-refractivity contribution in [3.63, 3.8) is 0 Å². The minimum atomic E-state index is -0.679. The lowest BCUT2D eigenvalue weighted by Crippen LogP contribution is -1.93. The molecule has 0 unspecified atom stereocenters. The Morgan fingerprint density at radius 3 is 1.15 bits per heavy atom. The Hall–Kier alpha value is -2.36. The average molecular weight is 469 g/mol. The molecule has 0 aliphatic rings. The summed E-state index contributed by atoms with van der Waals surface area (Å²) in [6.07, 6.45) is 18.7. The molecule has 34 heavy (non-hydrogen) atoms. The first-order valence-corrected chi connectivity index (χ1v) is 13.5. The molecule has 4 heteroatoms. The molecule has 0 atom stereocenters. The van der Waals surface area contributed by atoms with Crippen LogP contribution in [0.15, 0.2) is 36.4 Å². The van der Waals surface area contributed by atoms with Gasteiger partial charge in [0.25, 0.3) is 0 Å². The Kier molecular flexibility index (Phi) is 14.0. The lowest BCUT2D eigenvalue weighted by atomic mass is 9.98. The van der Waals surface area contributed by atoms with E-state index in [0.29, 0.717) is 12.8 Å². The van der Waals surface area contributed by atoms with Gasteiger partial charge >= 0.3 is 11.9 Å². The van der Waals surface area contributed by atoms with Crippen molar-refractivity contribution in [3.05, 3.63) is 47.5 Å². The van der Waals surface area contributed by atoms with Crippen molar-refractivity contribution >= 4 is 22.7 Å². The molecule has 0 saturated heterocycles. The molecule has 0 aliphatic heterocycles. The number of fused-ring (bicyclic) bond motifs is 1. The van der Waals surface area contributed by atoms with E-state index < -0.39 is 11.9 Å². The highest BCUT2D eigenvalue weighted by atomic mass is 16.4. The highest BCUT2D eigenvalue weighted by molar-refractivity contribution is 5.83. The summed E-state index contributed by atoms with van der Waals surface area (Å²) in [7, 11) is 0. The SMILES string of the molecule is O=C(O)CCCCCCCCCc1ccc2cc(CCCCCCCCCC(=O)O)ccc2c1. The summed E-state index contributed by atoms with van der Waals surface area (Å²) in [5.41, 5.74) is 2.84. The van der Waals surface area contributed by atoms with Gasteiger partial charge in [0.2, 0.25) is 0 Å². The monoisotopic (exact) mass is 468 g/mol. The van der Waals surface area contributed by atoms with Crippen molar-refractivity contribution < 1.29 is 19.8 Å². The normalized spacial score (nSPS) is 11.2. The summed E-state index contributed by atoms with van der Waals surface area (Å²) in [4.78, 5) is 21.0. The van der Waals surface area contributed by atoms with Gasteiger partial charge in [0.05, 0.1) is 0 Å². The number of rotatable bonds is 20. The predicted molar refractivity (Wildman–Crippen MR) is 140 cm³/mol. The quantitative estimate of drug-likeness (QED) is 0.191. The Morgan fingerprint density at radius 2 is 0.794 bits per heavy atom. The number of unbranched alkanes of at least 4 members (excludes halogenated alkanes) is 12. The number of hydrogen-bond acceptors (Lipinski definition) is 2. The Morgan fingerprint density at radius 1 is 0.471 bits per heavy atom. The van der Waals surface area contributed by atoms with Crippen LogP contribution in [-0.2, 0) is 22.4 Å². The van der Waals surface area contributed by atoms with Gasteiger partial charge in [-0.25, -0.2) is 0 Å². The van der Waals surface area contributed by atoms with Gasteiger partial charge in [-0.3, -0.25) is 9.59 Å². The third-order valence-corrected chi connectivity index (χ3v) is 6.68. The molecule has 188 valence electrons. The zero-order valence-corrected chi connectivity index (χ0v) is 20.9. The van der Waals surface area contributed by atoms with E-state index in [2.05, 4.69) is 36.4 Å². The molecule has 0 amide bonds. The fourth-order valence-corrected chi connectivity index (χ4v) is 4.63. The van der Waals surface area contributed by atoms with Gasteiger partial charge in [0, 0.05) is 12.8 Å². The van der Waals surface area contributed by atoms with Gasteiger partial charge in [-0.2, -0.15) is 0 Å². The van der Waals surface area contributed by atoms with Crippen LogP contribution in [0.1, 0.15) is 114 Å². The van der Waals surface area contributed by atoms with E-state index in [1.54, 1.807) is 0 Å². The zero-order valence-electron chi connectivity index (χ0n) is 20.9. The Labute approximate surface area is 205 Å². The topological polar surface area (TPSA) is 74.6 Å². The van der Waals surface area contributed by atoms with Gasteiger partial charge in [-0.1, -0.05) is 101 Å². The minimum Gasteiger partial charge on any atom is -0.481 e. The minimum absolute atomic E-state index is 0.308. The first kappa shape index (κ1) is 27.9. The molecule has 0 radical (unpaired) electrons. The molecular formula is C30H44O4. The highest BCUT2D eigenvalue weighted by Gasteiger charge is 2.02. The third-order valence-electron chi connectivity index (χ3n) is 6.68. The van der Waals surface area contributed by atoms with Gasteiger partial charge in [-0.05, 0) is 60.4 Å². The zero-order chi connectivity index (χ0) is 24.4. The van der Waals surface area contributed by atoms with Crippen LogP contribution >= 0.6 is 0 Å². The van der Waals surface area contributed by atoms with E-state index in [4.69, 9.17) is 10.2 Å². The first-order chi connectivity index (χ1) is 16.5. The second kappa shape index (κ2) is 17.1. The number of carboxylic acid groups (broad SMARTS) is 2. The molecule has 4 nitrogen and oxygen atoms in total. The van der Waals surface area contributed by atoms with Crippen LogP contribution in [0.3, 0.4) is 0 Å². The van der Waals surface area contributed by atoms with Crippen molar-refractivity contribution in [1.29, 1.82) is 0 Å². The number of carbonyl (C=O) groups is 2. The van der Waals surface area contributed by atoms with E-state index in [0.717, 1.165) is 51.4 Å². The fourth-order valence-electron chi connectivity index (χ4n) is 4.63. The van der Waals surface area contributed by atoms with E-state index in [-0.39, 0.29) is 0 Å². The third kappa shape index (κ3) is 12.8. The Bertz CT molecular complexity index is 787. The van der Waals surface area contributed by atoms with E-state index in [1.165, 1.54) is 73.3 Å².